The van der Waals surface area contributed by atoms with E-state index >= 15 is 0 Å². The monoisotopic (exact) mass is 166 g/mol. The van der Waals surface area contributed by atoms with Gasteiger partial charge in [0.2, 0.25) is 0 Å². The van der Waals surface area contributed by atoms with Crippen molar-refractivity contribution < 1.29 is 14.4 Å². The van der Waals surface area contributed by atoms with Crippen molar-refractivity contribution in [3.05, 3.63) is 0 Å². The lowest BCUT2D eigenvalue weighted by atomic mass is 10.3. The van der Waals surface area contributed by atoms with Crippen molar-refractivity contribution in [1.29, 1.82) is 0 Å². The van der Waals surface area contributed by atoms with E-state index in [-0.39, 0.29) is 12.3 Å². The molecule has 0 atom stereocenters. The summed E-state index contributed by atoms with van der Waals surface area (Å²) >= 11 is 5.09. The molecule has 0 aromatic rings. The van der Waals surface area contributed by atoms with Gasteiger partial charge in [0.25, 0.3) is 0 Å². The zero-order chi connectivity index (χ0) is 7.98. The predicted octanol–water partition coefficient (Wildman–Crippen LogP) is -0.894. The fraction of sp³-hybridized carbons (Fsp3) is 0.500. The molecule has 0 aliphatic heterocycles. The standard InChI is InChI=1S/C4H7ClN2O3/c5-2-3(8)1-4(9)10-7-6/h7H,1-2,6H2. The molecule has 5 nitrogen and oxygen atoms in total. The summed E-state index contributed by atoms with van der Waals surface area (Å²) in [6, 6.07) is 0. The molecule has 0 aromatic carbocycles. The number of Topliss-reactive ketones (excluding diaryl/α,β-unsaturated/α-hetero) is 1. The number of carbonyl (C=O) groups is 2. The summed E-state index contributed by atoms with van der Waals surface area (Å²) in [7, 11) is 0. The number of nitrogens with one attached hydrogen (secondary N) is 1. The summed E-state index contributed by atoms with van der Waals surface area (Å²) in [4.78, 5) is 24.8. The Hall–Kier alpha value is -0.650. The zero-order valence-electron chi connectivity index (χ0n) is 5.09. The molecule has 0 rings (SSSR count). The topological polar surface area (TPSA) is 81.4 Å². The van der Waals surface area contributed by atoms with E-state index in [2.05, 4.69) is 10.7 Å². The van der Waals surface area contributed by atoms with Crippen molar-refractivity contribution in [2.24, 2.45) is 5.84 Å². The number of halogens is 1. The molecule has 58 valence electrons. The number of hydrogen-bond donors (Lipinski definition) is 2. The minimum absolute atomic E-state index is 0.195. The van der Waals surface area contributed by atoms with Gasteiger partial charge in [0.05, 0.1) is 5.88 Å². The molecule has 10 heavy (non-hydrogen) atoms. The van der Waals surface area contributed by atoms with Gasteiger partial charge in [0.1, 0.15) is 6.42 Å². The maximum Gasteiger partial charge on any atom is 0.333 e. The molecule has 0 amide bonds. The maximum atomic E-state index is 10.4. The molecule has 0 fully saturated rings. The molecule has 0 aromatic heterocycles. The Morgan fingerprint density at radius 1 is 1.60 bits per heavy atom. The third-order valence-electron chi connectivity index (χ3n) is 0.663. The Kier molecular flexibility index (Phi) is 4.82. The second-order valence-electron chi connectivity index (χ2n) is 1.44. The largest absolute Gasteiger partial charge is 0.356 e. The van der Waals surface area contributed by atoms with Crippen molar-refractivity contribution in [2.75, 3.05) is 5.88 Å². The number of alkyl halides is 1. The lowest BCUT2D eigenvalue weighted by molar-refractivity contribution is -0.152. The predicted molar refractivity (Wildman–Crippen MR) is 33.8 cm³/mol. The van der Waals surface area contributed by atoms with Crippen LogP contribution in [-0.2, 0) is 14.4 Å². The molecule has 0 bridgehead atoms. The van der Waals surface area contributed by atoms with E-state index in [4.69, 9.17) is 11.6 Å². The normalized spacial score (nSPS) is 9.00. The molecule has 0 unspecified atom stereocenters. The Labute approximate surface area is 62.4 Å². The molecule has 0 saturated heterocycles. The first-order valence-corrected chi connectivity index (χ1v) is 2.97. The molecular formula is C4H7ClN2O3. The van der Waals surface area contributed by atoms with Crippen molar-refractivity contribution in [3.63, 3.8) is 0 Å². The zero-order valence-corrected chi connectivity index (χ0v) is 5.85. The minimum Gasteiger partial charge on any atom is -0.356 e. The molecule has 0 saturated carbocycles. The third-order valence-corrected chi connectivity index (χ3v) is 0.961. The van der Waals surface area contributed by atoms with Crippen LogP contribution in [0.25, 0.3) is 0 Å². The second kappa shape index (κ2) is 5.16. The van der Waals surface area contributed by atoms with Gasteiger partial charge in [-0.3, -0.25) is 4.79 Å². The van der Waals surface area contributed by atoms with Gasteiger partial charge in [-0.2, -0.15) is 0 Å². The quantitative estimate of drug-likeness (QED) is 0.245. The highest BCUT2D eigenvalue weighted by Crippen LogP contribution is 1.88. The number of hydrogen-bond acceptors (Lipinski definition) is 5. The Bertz CT molecular complexity index is 138. The molecule has 0 aliphatic rings. The fourth-order valence-corrected chi connectivity index (χ4v) is 0.405. The summed E-state index contributed by atoms with van der Waals surface area (Å²) in [5.74, 6) is 3.27. The van der Waals surface area contributed by atoms with E-state index in [0.29, 0.717) is 0 Å². The molecule has 0 aliphatic carbocycles. The molecular weight excluding hydrogens is 160 g/mol. The number of carbonyl (C=O) groups excluding carboxylic acids is 2. The molecule has 0 radical (unpaired) electrons. The highest BCUT2D eigenvalue weighted by Gasteiger charge is 2.08. The number of ketones is 1. The van der Waals surface area contributed by atoms with Crippen LogP contribution in [0.3, 0.4) is 0 Å². The van der Waals surface area contributed by atoms with E-state index in [1.165, 1.54) is 0 Å². The van der Waals surface area contributed by atoms with Gasteiger partial charge in [-0.1, -0.05) is 5.59 Å². The van der Waals surface area contributed by atoms with E-state index < -0.39 is 11.8 Å². The highest BCUT2D eigenvalue weighted by atomic mass is 35.5. The minimum atomic E-state index is -0.742. The molecule has 0 heterocycles. The van der Waals surface area contributed by atoms with E-state index in [0.717, 1.165) is 0 Å². The van der Waals surface area contributed by atoms with Crippen LogP contribution in [0.15, 0.2) is 0 Å². The Morgan fingerprint density at radius 2 is 2.20 bits per heavy atom. The van der Waals surface area contributed by atoms with Crippen LogP contribution in [-0.4, -0.2) is 17.6 Å². The van der Waals surface area contributed by atoms with E-state index in [9.17, 15) is 9.59 Å². The molecule has 6 heteroatoms. The van der Waals surface area contributed by atoms with Crippen LogP contribution in [0.5, 0.6) is 0 Å². The van der Waals surface area contributed by atoms with Crippen LogP contribution in [0.2, 0.25) is 0 Å². The summed E-state index contributed by atoms with van der Waals surface area (Å²) in [5.41, 5.74) is 1.65. The molecule has 0 spiro atoms. The smallest absolute Gasteiger partial charge is 0.333 e. The lowest BCUT2D eigenvalue weighted by Crippen LogP contribution is -2.27. The summed E-state index contributed by atoms with van der Waals surface area (Å²) in [6.07, 6.45) is -0.353. The van der Waals surface area contributed by atoms with Crippen molar-refractivity contribution in [3.8, 4) is 0 Å². The van der Waals surface area contributed by atoms with Crippen LogP contribution >= 0.6 is 11.6 Å². The first kappa shape index (κ1) is 9.35. The van der Waals surface area contributed by atoms with Gasteiger partial charge in [0, 0.05) is 0 Å². The lowest BCUT2D eigenvalue weighted by Gasteiger charge is -1.97. The van der Waals surface area contributed by atoms with Gasteiger partial charge in [0.15, 0.2) is 5.78 Å². The van der Waals surface area contributed by atoms with Gasteiger partial charge in [-0.25, -0.2) is 10.6 Å². The van der Waals surface area contributed by atoms with Gasteiger partial charge in [-0.05, 0) is 0 Å². The number of hydrazine groups is 1. The van der Waals surface area contributed by atoms with Crippen molar-refractivity contribution in [1.82, 2.24) is 5.59 Å². The SMILES string of the molecule is NNOC(=O)CC(=O)CCl. The van der Waals surface area contributed by atoms with Gasteiger partial charge >= 0.3 is 5.97 Å². The summed E-state index contributed by atoms with van der Waals surface area (Å²) < 4.78 is 0. The van der Waals surface area contributed by atoms with Crippen molar-refractivity contribution in [2.45, 2.75) is 6.42 Å². The number of rotatable bonds is 4. The van der Waals surface area contributed by atoms with E-state index in [1.54, 1.807) is 5.59 Å². The first-order valence-electron chi connectivity index (χ1n) is 2.43. The van der Waals surface area contributed by atoms with Crippen LogP contribution in [0.1, 0.15) is 6.42 Å². The van der Waals surface area contributed by atoms with Gasteiger partial charge in [-0.15, -0.1) is 11.6 Å². The van der Waals surface area contributed by atoms with Crippen LogP contribution < -0.4 is 11.4 Å². The summed E-state index contributed by atoms with van der Waals surface area (Å²) in [6.45, 7) is 0. The third kappa shape index (κ3) is 4.25. The van der Waals surface area contributed by atoms with Gasteiger partial charge < -0.3 is 4.84 Å². The first-order chi connectivity index (χ1) is 4.70. The average molecular weight is 167 g/mol. The second-order valence-corrected chi connectivity index (χ2v) is 1.71. The summed E-state index contributed by atoms with van der Waals surface area (Å²) in [5, 5.41) is 0. The van der Waals surface area contributed by atoms with E-state index in [1.807, 2.05) is 0 Å². The maximum absolute atomic E-state index is 10.4. The average Bonchev–Trinajstić information content (AvgIpc) is 1.88. The number of nitrogens with two attached hydrogens (primary N) is 1. The van der Waals surface area contributed by atoms with Crippen LogP contribution in [0.4, 0.5) is 0 Å². The Balaban J connectivity index is 3.47. The Morgan fingerprint density at radius 3 is 2.60 bits per heavy atom. The molecule has 3 N–H and O–H groups in total. The highest BCUT2D eigenvalue weighted by molar-refractivity contribution is 6.28. The van der Waals surface area contributed by atoms with Crippen molar-refractivity contribution >= 4 is 23.4 Å². The fourth-order valence-electron chi connectivity index (χ4n) is 0.310. The van der Waals surface area contributed by atoms with Crippen LogP contribution in [0, 0.1) is 0 Å².